The van der Waals surface area contributed by atoms with Crippen LogP contribution in [0.15, 0.2) is 35.0 Å². The highest BCUT2D eigenvalue weighted by molar-refractivity contribution is 6.01. The van der Waals surface area contributed by atoms with Gasteiger partial charge in [0.1, 0.15) is 5.75 Å². The molecule has 0 bridgehead atoms. The molecule has 2 N–H and O–H groups in total. The number of phenols is 1. The van der Waals surface area contributed by atoms with Crippen molar-refractivity contribution >= 4 is 11.8 Å². The fraction of sp³-hybridized carbons (Fsp3) is 0.182. The lowest BCUT2D eigenvalue weighted by Gasteiger charge is -1.98. The fourth-order valence-electron chi connectivity index (χ4n) is 1.00. The van der Waals surface area contributed by atoms with Crippen LogP contribution in [0.3, 0.4) is 0 Å². The first-order valence-corrected chi connectivity index (χ1v) is 4.30. The highest BCUT2D eigenvalue weighted by Crippen LogP contribution is 2.13. The number of hydrogen-bond donors (Lipinski definition) is 2. The average Bonchev–Trinajstić information content (AvgIpc) is 2.20. The van der Waals surface area contributed by atoms with Gasteiger partial charge in [-0.05, 0) is 37.1 Å². The predicted molar refractivity (Wildman–Crippen MR) is 56.7 cm³/mol. The summed E-state index contributed by atoms with van der Waals surface area (Å²) in [5, 5.41) is 20.7. The second-order valence-electron chi connectivity index (χ2n) is 3.10. The molecule has 0 aliphatic rings. The molecular formula is C11H13NO2. The van der Waals surface area contributed by atoms with Gasteiger partial charge in [-0.1, -0.05) is 23.4 Å². The number of phenolic OH excluding ortho intramolecular Hbond substituents is 1. The summed E-state index contributed by atoms with van der Waals surface area (Å²) < 4.78 is 0. The number of rotatable bonds is 2. The van der Waals surface area contributed by atoms with E-state index in [-0.39, 0.29) is 5.75 Å². The van der Waals surface area contributed by atoms with Crippen LogP contribution < -0.4 is 0 Å². The maximum atomic E-state index is 9.06. The topological polar surface area (TPSA) is 52.8 Å². The van der Waals surface area contributed by atoms with E-state index in [1.165, 1.54) is 0 Å². The molecule has 0 aliphatic heterocycles. The summed E-state index contributed by atoms with van der Waals surface area (Å²) in [4.78, 5) is 0. The first kappa shape index (κ1) is 10.3. The van der Waals surface area contributed by atoms with Crippen molar-refractivity contribution in [3.8, 4) is 5.75 Å². The SMILES string of the molecule is CC(=C\c1ccc(O)cc1)/C(C)=N/O. The van der Waals surface area contributed by atoms with Crippen molar-refractivity contribution in [2.75, 3.05) is 0 Å². The Morgan fingerprint density at radius 2 is 1.79 bits per heavy atom. The molecule has 0 amide bonds. The normalized spacial score (nSPS) is 13.0. The molecule has 1 rings (SSSR count). The van der Waals surface area contributed by atoms with Gasteiger partial charge in [-0.25, -0.2) is 0 Å². The predicted octanol–water partition coefficient (Wildman–Crippen LogP) is 2.65. The van der Waals surface area contributed by atoms with Crippen molar-refractivity contribution in [2.45, 2.75) is 13.8 Å². The molecule has 74 valence electrons. The van der Waals surface area contributed by atoms with Crippen LogP contribution in [0, 0.1) is 0 Å². The summed E-state index contributed by atoms with van der Waals surface area (Å²) in [5.41, 5.74) is 2.43. The van der Waals surface area contributed by atoms with Crippen LogP contribution in [0.2, 0.25) is 0 Å². The van der Waals surface area contributed by atoms with Gasteiger partial charge in [-0.15, -0.1) is 0 Å². The van der Waals surface area contributed by atoms with Gasteiger partial charge < -0.3 is 10.3 Å². The second kappa shape index (κ2) is 4.46. The van der Waals surface area contributed by atoms with Crippen molar-refractivity contribution in [1.29, 1.82) is 0 Å². The molecule has 0 saturated heterocycles. The third kappa shape index (κ3) is 2.62. The molecule has 3 heteroatoms. The second-order valence-corrected chi connectivity index (χ2v) is 3.10. The molecule has 0 heterocycles. The molecule has 0 atom stereocenters. The zero-order valence-corrected chi connectivity index (χ0v) is 8.23. The Balaban J connectivity index is 2.92. The van der Waals surface area contributed by atoms with Crippen LogP contribution in [-0.2, 0) is 0 Å². The zero-order valence-electron chi connectivity index (χ0n) is 8.23. The van der Waals surface area contributed by atoms with Crippen LogP contribution in [-0.4, -0.2) is 16.0 Å². The molecule has 0 fully saturated rings. The van der Waals surface area contributed by atoms with Gasteiger partial charge in [0.2, 0.25) is 0 Å². The van der Waals surface area contributed by atoms with Crippen LogP contribution in [0.4, 0.5) is 0 Å². The number of allylic oxidation sites excluding steroid dienone is 1. The lowest BCUT2D eigenvalue weighted by Crippen LogP contribution is -1.92. The number of aromatic hydroxyl groups is 1. The lowest BCUT2D eigenvalue weighted by atomic mass is 10.1. The van der Waals surface area contributed by atoms with Crippen molar-refractivity contribution < 1.29 is 10.3 Å². The first-order valence-electron chi connectivity index (χ1n) is 4.30. The highest BCUT2D eigenvalue weighted by Gasteiger charge is 1.95. The molecular weight excluding hydrogens is 178 g/mol. The molecule has 0 aromatic heterocycles. The summed E-state index contributed by atoms with van der Waals surface area (Å²) in [5.74, 6) is 0.243. The maximum absolute atomic E-state index is 9.06. The van der Waals surface area contributed by atoms with Crippen molar-refractivity contribution in [2.24, 2.45) is 5.16 Å². The minimum absolute atomic E-state index is 0.243. The maximum Gasteiger partial charge on any atom is 0.115 e. The number of nitrogens with zero attached hydrogens (tertiary/aromatic N) is 1. The Bertz CT molecular complexity index is 363. The van der Waals surface area contributed by atoms with Crippen LogP contribution >= 0.6 is 0 Å². The number of oxime groups is 1. The van der Waals surface area contributed by atoms with Crippen LogP contribution in [0.5, 0.6) is 5.75 Å². The third-order valence-corrected chi connectivity index (χ3v) is 2.00. The van der Waals surface area contributed by atoms with Gasteiger partial charge in [-0.3, -0.25) is 0 Å². The minimum atomic E-state index is 0.243. The molecule has 0 spiro atoms. The average molecular weight is 191 g/mol. The van der Waals surface area contributed by atoms with E-state index in [2.05, 4.69) is 5.16 Å². The van der Waals surface area contributed by atoms with Gasteiger partial charge in [-0.2, -0.15) is 0 Å². The van der Waals surface area contributed by atoms with E-state index < -0.39 is 0 Å². The minimum Gasteiger partial charge on any atom is -0.508 e. The van der Waals surface area contributed by atoms with Gasteiger partial charge in [0.25, 0.3) is 0 Å². The van der Waals surface area contributed by atoms with E-state index in [4.69, 9.17) is 10.3 Å². The lowest BCUT2D eigenvalue weighted by molar-refractivity contribution is 0.319. The summed E-state index contributed by atoms with van der Waals surface area (Å²) in [6, 6.07) is 6.82. The molecule has 1 aromatic rings. The Hall–Kier alpha value is -1.77. The molecule has 0 unspecified atom stereocenters. The van der Waals surface area contributed by atoms with E-state index in [1.807, 2.05) is 13.0 Å². The summed E-state index contributed by atoms with van der Waals surface area (Å²) in [6.07, 6.45) is 1.88. The monoisotopic (exact) mass is 191 g/mol. The zero-order chi connectivity index (χ0) is 10.6. The summed E-state index contributed by atoms with van der Waals surface area (Å²) in [7, 11) is 0. The molecule has 3 nitrogen and oxygen atoms in total. The molecule has 0 aliphatic carbocycles. The van der Waals surface area contributed by atoms with Crippen molar-refractivity contribution in [1.82, 2.24) is 0 Å². The Morgan fingerprint density at radius 3 is 2.29 bits per heavy atom. The van der Waals surface area contributed by atoms with E-state index in [9.17, 15) is 0 Å². The van der Waals surface area contributed by atoms with Gasteiger partial charge in [0, 0.05) is 0 Å². The molecule has 1 aromatic carbocycles. The van der Waals surface area contributed by atoms with E-state index in [0.29, 0.717) is 5.71 Å². The number of benzene rings is 1. The molecule has 14 heavy (non-hydrogen) atoms. The summed E-state index contributed by atoms with van der Waals surface area (Å²) in [6.45, 7) is 3.59. The Morgan fingerprint density at radius 1 is 1.21 bits per heavy atom. The van der Waals surface area contributed by atoms with Crippen LogP contribution in [0.1, 0.15) is 19.4 Å². The smallest absolute Gasteiger partial charge is 0.115 e. The quantitative estimate of drug-likeness (QED) is 0.429. The third-order valence-electron chi connectivity index (χ3n) is 2.00. The highest BCUT2D eigenvalue weighted by atomic mass is 16.4. The Kier molecular flexibility index (Phi) is 3.29. The van der Waals surface area contributed by atoms with E-state index in [0.717, 1.165) is 11.1 Å². The number of hydrogen-bond acceptors (Lipinski definition) is 3. The standard InChI is InChI=1S/C11H13NO2/c1-8(9(2)12-14)7-10-3-5-11(13)6-4-10/h3-7,13-14H,1-2H3/b8-7+,12-9+. The van der Waals surface area contributed by atoms with E-state index >= 15 is 0 Å². The molecule has 0 radical (unpaired) electrons. The Labute approximate surface area is 83.0 Å². The van der Waals surface area contributed by atoms with E-state index in [1.54, 1.807) is 31.2 Å². The van der Waals surface area contributed by atoms with Crippen LogP contribution in [0.25, 0.3) is 6.08 Å². The largest absolute Gasteiger partial charge is 0.508 e. The van der Waals surface area contributed by atoms with Crippen molar-refractivity contribution in [3.63, 3.8) is 0 Å². The summed E-state index contributed by atoms with van der Waals surface area (Å²) >= 11 is 0. The van der Waals surface area contributed by atoms with Gasteiger partial charge in [0.15, 0.2) is 0 Å². The van der Waals surface area contributed by atoms with Crippen molar-refractivity contribution in [3.05, 3.63) is 35.4 Å². The molecule has 0 saturated carbocycles. The fourth-order valence-corrected chi connectivity index (χ4v) is 1.00. The first-order chi connectivity index (χ1) is 6.63. The van der Waals surface area contributed by atoms with Gasteiger partial charge in [0.05, 0.1) is 5.71 Å². The van der Waals surface area contributed by atoms with Gasteiger partial charge >= 0.3 is 0 Å².